The molecule has 2 aromatic rings. The molecule has 0 saturated heterocycles. The Labute approximate surface area is 169 Å². The number of rotatable bonds is 3. The van der Waals surface area contributed by atoms with Crippen molar-refractivity contribution >= 4 is 33.9 Å². The van der Waals surface area contributed by atoms with Crippen LogP contribution in [0.2, 0.25) is 0 Å². The lowest BCUT2D eigenvalue weighted by atomic mass is 9.98. The van der Waals surface area contributed by atoms with Gasteiger partial charge < -0.3 is 10.4 Å². The number of fused-ring (bicyclic) bond motifs is 2. The summed E-state index contributed by atoms with van der Waals surface area (Å²) < 4.78 is 19.3. The van der Waals surface area contributed by atoms with Crippen molar-refractivity contribution in [2.75, 3.05) is 5.32 Å². The van der Waals surface area contributed by atoms with Gasteiger partial charge in [0.1, 0.15) is 11.4 Å². The third-order valence-electron chi connectivity index (χ3n) is 5.27. The summed E-state index contributed by atoms with van der Waals surface area (Å²) >= 11 is 1.27. The molecular weight excluding hydrogens is 399 g/mol. The molecule has 0 bridgehead atoms. The number of anilines is 1. The number of carbonyl (C=O) groups excluding carboxylic acids is 1. The maximum Gasteiger partial charge on any atom is 0.352 e. The first-order valence-electron chi connectivity index (χ1n) is 9.30. The molecule has 0 spiro atoms. The summed E-state index contributed by atoms with van der Waals surface area (Å²) in [5.41, 5.74) is 3.49. The number of nitrogens with zero attached hydrogens (tertiary/aromatic N) is 2. The van der Waals surface area contributed by atoms with Crippen LogP contribution in [0.1, 0.15) is 54.6 Å². The quantitative estimate of drug-likeness (QED) is 0.701. The number of aromatic nitrogens is 1. The molecule has 4 N–H and O–H groups in total. The van der Waals surface area contributed by atoms with Gasteiger partial charge in [-0.05, 0) is 74.6 Å². The Kier molecular flexibility index (Phi) is 5.11. The van der Waals surface area contributed by atoms with E-state index in [0.29, 0.717) is 22.9 Å². The van der Waals surface area contributed by atoms with Crippen molar-refractivity contribution in [2.24, 2.45) is 9.50 Å². The normalized spacial score (nSPS) is 16.9. The molecule has 1 atom stereocenters. The van der Waals surface area contributed by atoms with Crippen LogP contribution in [0.5, 0.6) is 0 Å². The van der Waals surface area contributed by atoms with E-state index < -0.39 is 22.5 Å². The monoisotopic (exact) mass is 422 g/mol. The Morgan fingerprint density at radius 1 is 1.25 bits per heavy atom. The van der Waals surface area contributed by atoms with E-state index in [1.54, 1.807) is 19.2 Å². The average Bonchev–Trinajstić information content (AvgIpc) is 3.38. The van der Waals surface area contributed by atoms with Crippen molar-refractivity contribution in [2.45, 2.75) is 62.3 Å². The number of halogens is 1. The van der Waals surface area contributed by atoms with Gasteiger partial charge in [-0.15, -0.1) is 15.7 Å². The molecule has 0 saturated carbocycles. The Bertz CT molecular complexity index is 960. The van der Waals surface area contributed by atoms with Gasteiger partial charge in [-0.25, -0.2) is 14.2 Å². The van der Waals surface area contributed by atoms with E-state index in [1.165, 1.54) is 11.3 Å². The zero-order valence-electron chi connectivity index (χ0n) is 15.8. The summed E-state index contributed by atoms with van der Waals surface area (Å²) in [5.74, 6) is -0.0737. The minimum atomic E-state index is -1.22. The summed E-state index contributed by atoms with van der Waals surface area (Å²) in [6, 6.07) is -0.541. The van der Waals surface area contributed by atoms with Crippen molar-refractivity contribution in [1.82, 2.24) is 4.98 Å². The van der Waals surface area contributed by atoms with E-state index in [2.05, 4.69) is 14.7 Å². The van der Waals surface area contributed by atoms with Gasteiger partial charge in [-0.2, -0.15) is 0 Å². The summed E-state index contributed by atoms with van der Waals surface area (Å²) in [5, 5.41) is 20.7. The third-order valence-corrected chi connectivity index (χ3v) is 7.52. The van der Waals surface area contributed by atoms with Crippen LogP contribution >= 0.6 is 11.3 Å². The average molecular weight is 423 g/mol. The van der Waals surface area contributed by atoms with Crippen LogP contribution < -0.4 is 10.5 Å². The van der Waals surface area contributed by atoms with Gasteiger partial charge in [0.2, 0.25) is 0 Å². The number of nitrogens with one attached hydrogen (secondary N) is 1. The molecule has 9 heteroatoms. The van der Waals surface area contributed by atoms with Crippen molar-refractivity contribution < 1.29 is 14.3 Å². The van der Waals surface area contributed by atoms with E-state index in [1.807, 2.05) is 0 Å². The number of amides is 2. The van der Waals surface area contributed by atoms with Crippen LogP contribution in [-0.2, 0) is 42.2 Å². The largest absolute Gasteiger partial charge is 0.384 e. The molecule has 0 aliphatic heterocycles. The SMILES string of the molecule is CC(C)(O)c1csc(S(N)=NC(=O)Nc2c3c(c(F)c4c2CCC4)CCC3)n1. The lowest BCUT2D eigenvalue weighted by molar-refractivity contribution is 0.0741. The first-order valence-corrected chi connectivity index (χ1v) is 11.4. The second-order valence-corrected chi connectivity index (χ2v) is 10.0. The molecule has 0 fully saturated rings. The molecule has 0 radical (unpaired) electrons. The lowest BCUT2D eigenvalue weighted by Gasteiger charge is -2.16. The highest BCUT2D eigenvalue weighted by Crippen LogP contribution is 2.41. The Morgan fingerprint density at radius 2 is 1.82 bits per heavy atom. The molecule has 2 aliphatic rings. The molecule has 1 aromatic heterocycles. The van der Waals surface area contributed by atoms with Crippen LogP contribution in [0.15, 0.2) is 14.1 Å². The molecule has 2 aliphatic carbocycles. The van der Waals surface area contributed by atoms with E-state index in [-0.39, 0.29) is 5.82 Å². The molecule has 4 rings (SSSR count). The number of urea groups is 1. The maximum atomic E-state index is 14.7. The molecule has 1 heterocycles. The zero-order valence-corrected chi connectivity index (χ0v) is 17.5. The number of nitrogens with two attached hydrogens (primary N) is 1. The van der Waals surface area contributed by atoms with Crippen molar-refractivity contribution in [3.8, 4) is 0 Å². The van der Waals surface area contributed by atoms with Crippen LogP contribution in [0.3, 0.4) is 0 Å². The van der Waals surface area contributed by atoms with Crippen LogP contribution in [-0.4, -0.2) is 16.1 Å². The fourth-order valence-corrected chi connectivity index (χ4v) is 5.78. The number of benzene rings is 1. The molecule has 6 nitrogen and oxygen atoms in total. The molecule has 28 heavy (non-hydrogen) atoms. The minimum absolute atomic E-state index is 0.0737. The summed E-state index contributed by atoms with van der Waals surface area (Å²) in [4.78, 5) is 16.9. The fourth-order valence-electron chi connectivity index (χ4n) is 3.93. The summed E-state index contributed by atoms with van der Waals surface area (Å²) in [6.45, 7) is 3.28. The van der Waals surface area contributed by atoms with Gasteiger partial charge in [0.15, 0.2) is 4.34 Å². The highest BCUT2D eigenvalue weighted by molar-refractivity contribution is 7.87. The van der Waals surface area contributed by atoms with Gasteiger partial charge in [-0.3, -0.25) is 5.14 Å². The van der Waals surface area contributed by atoms with Crippen molar-refractivity contribution in [3.05, 3.63) is 39.1 Å². The number of aliphatic hydroxyl groups is 1. The molecule has 150 valence electrons. The summed E-state index contributed by atoms with van der Waals surface area (Å²) in [7, 11) is -1.22. The molecule has 1 unspecified atom stereocenters. The van der Waals surface area contributed by atoms with E-state index in [9.17, 15) is 14.3 Å². The van der Waals surface area contributed by atoms with Crippen LogP contribution in [0, 0.1) is 5.82 Å². The molecule has 1 aromatic carbocycles. The van der Waals surface area contributed by atoms with E-state index in [4.69, 9.17) is 5.14 Å². The number of hydrogen-bond donors (Lipinski definition) is 3. The van der Waals surface area contributed by atoms with E-state index in [0.717, 1.165) is 53.6 Å². The maximum absolute atomic E-state index is 14.7. The van der Waals surface area contributed by atoms with Crippen molar-refractivity contribution in [3.63, 3.8) is 0 Å². The van der Waals surface area contributed by atoms with Gasteiger partial charge in [0, 0.05) is 21.9 Å². The predicted octanol–water partition coefficient (Wildman–Crippen LogP) is 3.75. The Hall–Kier alpha value is -1.68. The van der Waals surface area contributed by atoms with Crippen molar-refractivity contribution in [1.29, 1.82) is 0 Å². The zero-order chi connectivity index (χ0) is 20.1. The number of thiazole rings is 1. The minimum Gasteiger partial charge on any atom is -0.384 e. The smallest absolute Gasteiger partial charge is 0.352 e. The Morgan fingerprint density at radius 3 is 2.36 bits per heavy atom. The lowest BCUT2D eigenvalue weighted by Crippen LogP contribution is -2.17. The topological polar surface area (TPSA) is 101 Å². The summed E-state index contributed by atoms with van der Waals surface area (Å²) in [6.07, 6.45) is 4.77. The van der Waals surface area contributed by atoms with E-state index >= 15 is 0 Å². The van der Waals surface area contributed by atoms with Crippen LogP contribution in [0.4, 0.5) is 14.9 Å². The Balaban J connectivity index is 1.61. The molecule has 2 amide bonds. The fraction of sp³-hybridized carbons (Fsp3) is 0.474. The van der Waals surface area contributed by atoms with Gasteiger partial charge in [-0.1, -0.05) is 0 Å². The van der Waals surface area contributed by atoms with Crippen LogP contribution in [0.25, 0.3) is 0 Å². The predicted molar refractivity (Wildman–Crippen MR) is 109 cm³/mol. The standard InChI is InChI=1S/C19H23FN4O2S2/c1-19(2,26)14-9-27-18(22-14)28(21)24-17(25)23-16-12-7-3-5-10(12)15(20)11-6-4-8-13(11)16/h9,26H,3-8H2,1-2H3,(H3,21,23,24,25). The second-order valence-electron chi connectivity index (χ2n) is 7.70. The third kappa shape index (κ3) is 3.52. The number of hydrogen-bond acceptors (Lipinski definition) is 4. The highest BCUT2D eigenvalue weighted by atomic mass is 32.2. The first-order chi connectivity index (χ1) is 13.3. The van der Waals surface area contributed by atoms with Gasteiger partial charge in [0.25, 0.3) is 0 Å². The first kappa shape index (κ1) is 19.6. The molecular formula is C19H23FN4O2S2. The second kappa shape index (κ2) is 7.29. The van der Waals surface area contributed by atoms with Gasteiger partial charge in [0.05, 0.1) is 5.69 Å². The van der Waals surface area contributed by atoms with Gasteiger partial charge >= 0.3 is 6.03 Å². The highest BCUT2D eigenvalue weighted by Gasteiger charge is 2.29. The number of carbonyl (C=O) groups is 1.